The van der Waals surface area contributed by atoms with Gasteiger partial charge in [0.25, 0.3) is 5.91 Å². The Balaban J connectivity index is 2.01. The minimum atomic E-state index is -0.408. The second-order valence-electron chi connectivity index (χ2n) is 5.30. The maximum Gasteiger partial charge on any atom is 0.252 e. The van der Waals surface area contributed by atoms with Crippen LogP contribution >= 0.6 is 15.9 Å². The zero-order valence-electron chi connectivity index (χ0n) is 10.4. The predicted octanol–water partition coefficient (Wildman–Crippen LogP) is 3.90. The van der Waals surface area contributed by atoms with Crippen LogP contribution in [0.5, 0.6) is 0 Å². The Hall–Kier alpha value is -0.900. The van der Waals surface area contributed by atoms with Crippen LogP contribution in [0.15, 0.2) is 22.7 Å². The number of amides is 1. The first-order valence-corrected chi connectivity index (χ1v) is 7.03. The van der Waals surface area contributed by atoms with Crippen LogP contribution in [-0.2, 0) is 0 Å². The van der Waals surface area contributed by atoms with E-state index in [2.05, 4.69) is 28.2 Å². The minimum Gasteiger partial charge on any atom is -0.351 e. The van der Waals surface area contributed by atoms with Gasteiger partial charge in [-0.1, -0.05) is 25.8 Å². The molecule has 2 rings (SSSR count). The average molecular weight is 314 g/mol. The summed E-state index contributed by atoms with van der Waals surface area (Å²) in [5, 5.41) is 2.91. The Morgan fingerprint density at radius 1 is 1.44 bits per heavy atom. The molecule has 0 unspecified atom stereocenters. The maximum absolute atomic E-state index is 13.3. The summed E-state index contributed by atoms with van der Waals surface area (Å²) in [6.45, 7) is 2.86. The maximum atomic E-state index is 13.3. The lowest BCUT2D eigenvalue weighted by molar-refractivity contribution is 0.0933. The first-order chi connectivity index (χ1) is 8.52. The Morgan fingerprint density at radius 3 is 2.78 bits per heavy atom. The van der Waals surface area contributed by atoms with Gasteiger partial charge in [-0.05, 0) is 46.3 Å². The SMILES string of the molecule is CC1(CNC(=O)c2cccc(F)c2Br)CCCC1. The third-order valence-corrected chi connectivity index (χ3v) is 4.49. The molecule has 0 saturated heterocycles. The molecule has 1 aromatic rings. The fourth-order valence-electron chi connectivity index (χ4n) is 2.47. The number of rotatable bonds is 3. The largest absolute Gasteiger partial charge is 0.351 e. The minimum absolute atomic E-state index is 0.204. The number of benzene rings is 1. The van der Waals surface area contributed by atoms with Gasteiger partial charge < -0.3 is 5.32 Å². The smallest absolute Gasteiger partial charge is 0.252 e. The monoisotopic (exact) mass is 313 g/mol. The van der Waals surface area contributed by atoms with Crippen molar-refractivity contribution in [2.24, 2.45) is 5.41 Å². The van der Waals surface area contributed by atoms with Crippen molar-refractivity contribution in [3.05, 3.63) is 34.1 Å². The predicted molar refractivity (Wildman–Crippen MR) is 73.0 cm³/mol. The molecule has 0 aromatic heterocycles. The molecule has 0 atom stereocenters. The third-order valence-electron chi connectivity index (χ3n) is 3.68. The molecule has 2 nitrogen and oxygen atoms in total. The summed E-state index contributed by atoms with van der Waals surface area (Å²) < 4.78 is 13.6. The van der Waals surface area contributed by atoms with E-state index < -0.39 is 5.82 Å². The summed E-state index contributed by atoms with van der Waals surface area (Å²) in [7, 11) is 0. The molecule has 1 fully saturated rings. The molecule has 1 aliphatic rings. The normalized spacial score (nSPS) is 17.7. The summed E-state index contributed by atoms with van der Waals surface area (Å²) in [4.78, 5) is 12.0. The van der Waals surface area contributed by atoms with E-state index in [0.29, 0.717) is 12.1 Å². The molecule has 98 valence electrons. The summed E-state index contributed by atoms with van der Waals surface area (Å²) in [6.07, 6.45) is 4.77. The number of hydrogen-bond acceptors (Lipinski definition) is 1. The Kier molecular flexibility index (Phi) is 4.05. The third kappa shape index (κ3) is 2.91. The molecular weight excluding hydrogens is 297 g/mol. The van der Waals surface area contributed by atoms with Crippen molar-refractivity contribution in [1.29, 1.82) is 0 Å². The Morgan fingerprint density at radius 2 is 2.11 bits per heavy atom. The zero-order chi connectivity index (χ0) is 13.2. The average Bonchev–Trinajstić information content (AvgIpc) is 2.77. The molecule has 0 bridgehead atoms. The molecule has 1 saturated carbocycles. The molecular formula is C14H17BrFNO. The van der Waals surface area contributed by atoms with Crippen molar-refractivity contribution in [3.8, 4) is 0 Å². The first kappa shape index (κ1) is 13.5. The van der Waals surface area contributed by atoms with Gasteiger partial charge in [-0.15, -0.1) is 0 Å². The van der Waals surface area contributed by atoms with Crippen LogP contribution in [0.3, 0.4) is 0 Å². The van der Waals surface area contributed by atoms with Crippen molar-refractivity contribution in [2.75, 3.05) is 6.54 Å². The van der Waals surface area contributed by atoms with Crippen LogP contribution in [0.4, 0.5) is 4.39 Å². The van der Waals surface area contributed by atoms with E-state index in [1.165, 1.54) is 18.9 Å². The molecule has 1 aromatic carbocycles. The lowest BCUT2D eigenvalue weighted by Gasteiger charge is -2.23. The molecule has 1 aliphatic carbocycles. The van der Waals surface area contributed by atoms with Crippen LogP contribution in [0.25, 0.3) is 0 Å². The molecule has 0 spiro atoms. The number of hydrogen-bond donors (Lipinski definition) is 1. The lowest BCUT2D eigenvalue weighted by atomic mass is 9.89. The van der Waals surface area contributed by atoms with E-state index in [-0.39, 0.29) is 15.8 Å². The van der Waals surface area contributed by atoms with Gasteiger partial charge in [0.1, 0.15) is 5.82 Å². The quantitative estimate of drug-likeness (QED) is 0.901. The standard InChI is InChI=1S/C14H17BrFNO/c1-14(7-2-3-8-14)9-17-13(18)10-5-4-6-11(16)12(10)15/h4-6H,2-3,7-9H2,1H3,(H,17,18). The number of halogens is 2. The van der Waals surface area contributed by atoms with E-state index in [4.69, 9.17) is 0 Å². The molecule has 1 N–H and O–H groups in total. The Bertz CT molecular complexity index is 455. The zero-order valence-corrected chi connectivity index (χ0v) is 12.0. The van der Waals surface area contributed by atoms with E-state index in [1.54, 1.807) is 12.1 Å². The van der Waals surface area contributed by atoms with Crippen LogP contribution in [0.1, 0.15) is 43.0 Å². The fraction of sp³-hybridized carbons (Fsp3) is 0.500. The molecule has 0 heterocycles. The summed E-state index contributed by atoms with van der Waals surface area (Å²) in [6, 6.07) is 4.50. The second kappa shape index (κ2) is 5.39. The van der Waals surface area contributed by atoms with Crippen molar-refractivity contribution in [1.82, 2.24) is 5.32 Å². The van der Waals surface area contributed by atoms with Crippen LogP contribution in [0.2, 0.25) is 0 Å². The van der Waals surface area contributed by atoms with Crippen LogP contribution < -0.4 is 5.32 Å². The number of carbonyl (C=O) groups excluding carboxylic acids is 1. The van der Waals surface area contributed by atoms with Gasteiger partial charge in [0.2, 0.25) is 0 Å². The number of nitrogens with one attached hydrogen (secondary N) is 1. The highest BCUT2D eigenvalue weighted by Crippen LogP contribution is 2.36. The van der Waals surface area contributed by atoms with E-state index >= 15 is 0 Å². The van der Waals surface area contributed by atoms with Gasteiger partial charge in [0.15, 0.2) is 0 Å². The van der Waals surface area contributed by atoms with Crippen molar-refractivity contribution >= 4 is 21.8 Å². The topological polar surface area (TPSA) is 29.1 Å². The van der Waals surface area contributed by atoms with E-state index in [9.17, 15) is 9.18 Å². The van der Waals surface area contributed by atoms with Gasteiger partial charge in [-0.2, -0.15) is 0 Å². The van der Waals surface area contributed by atoms with Gasteiger partial charge in [-0.3, -0.25) is 4.79 Å². The van der Waals surface area contributed by atoms with E-state index in [0.717, 1.165) is 12.8 Å². The van der Waals surface area contributed by atoms with Gasteiger partial charge >= 0.3 is 0 Å². The molecule has 0 aliphatic heterocycles. The van der Waals surface area contributed by atoms with E-state index in [1.807, 2.05) is 0 Å². The highest BCUT2D eigenvalue weighted by molar-refractivity contribution is 9.10. The molecule has 4 heteroatoms. The number of carbonyl (C=O) groups is 1. The highest BCUT2D eigenvalue weighted by atomic mass is 79.9. The first-order valence-electron chi connectivity index (χ1n) is 6.24. The van der Waals surface area contributed by atoms with Gasteiger partial charge in [0.05, 0.1) is 10.0 Å². The second-order valence-corrected chi connectivity index (χ2v) is 6.09. The van der Waals surface area contributed by atoms with Gasteiger partial charge in [-0.25, -0.2) is 4.39 Å². The van der Waals surface area contributed by atoms with Crippen molar-refractivity contribution in [2.45, 2.75) is 32.6 Å². The van der Waals surface area contributed by atoms with Crippen molar-refractivity contribution in [3.63, 3.8) is 0 Å². The van der Waals surface area contributed by atoms with Crippen molar-refractivity contribution < 1.29 is 9.18 Å². The Labute approximate surface area is 115 Å². The van der Waals surface area contributed by atoms with Gasteiger partial charge in [0, 0.05) is 6.54 Å². The highest BCUT2D eigenvalue weighted by Gasteiger charge is 2.29. The molecule has 1 amide bonds. The summed E-state index contributed by atoms with van der Waals surface area (Å²) >= 11 is 3.11. The molecule has 0 radical (unpaired) electrons. The van der Waals surface area contributed by atoms with Crippen LogP contribution in [0, 0.1) is 11.2 Å². The lowest BCUT2D eigenvalue weighted by Crippen LogP contribution is -2.34. The molecule has 18 heavy (non-hydrogen) atoms. The fourth-order valence-corrected chi connectivity index (χ4v) is 2.92. The summed E-state index contributed by atoms with van der Waals surface area (Å²) in [5.41, 5.74) is 0.562. The summed E-state index contributed by atoms with van der Waals surface area (Å²) in [5.74, 6) is -0.621. The van der Waals surface area contributed by atoms with Crippen LogP contribution in [-0.4, -0.2) is 12.5 Å².